The van der Waals surface area contributed by atoms with Crippen LogP contribution in [0.25, 0.3) is 10.8 Å². The molecule has 18 heteroatoms. The minimum atomic E-state index is -2.42. The van der Waals surface area contributed by atoms with Gasteiger partial charge in [-0.1, -0.05) is 23.2 Å². The van der Waals surface area contributed by atoms with E-state index in [-0.39, 0.29) is 38.0 Å². The van der Waals surface area contributed by atoms with Crippen molar-refractivity contribution >= 4 is 79.6 Å². The van der Waals surface area contributed by atoms with Crippen LogP contribution in [-0.2, 0) is 31.5 Å². The van der Waals surface area contributed by atoms with E-state index in [0.717, 1.165) is 0 Å². The normalized spacial score (nSPS) is 12.8. The summed E-state index contributed by atoms with van der Waals surface area (Å²) in [6, 6.07) is 18.6. The Hall–Kier alpha value is -4.40. The maximum absolute atomic E-state index is 11.5. The van der Waals surface area contributed by atoms with Crippen molar-refractivity contribution in [2.45, 2.75) is 21.6 Å². The van der Waals surface area contributed by atoms with Crippen LogP contribution in [0.15, 0.2) is 97.7 Å². The molecule has 2 unspecified atom stereocenters. The lowest BCUT2D eigenvalue weighted by molar-refractivity contribution is -0.432. The Balaban J connectivity index is 1.54. The van der Waals surface area contributed by atoms with E-state index in [2.05, 4.69) is 39.9 Å². The molecule has 45 heavy (non-hydrogen) atoms. The van der Waals surface area contributed by atoms with E-state index < -0.39 is 22.2 Å². The van der Waals surface area contributed by atoms with Crippen molar-refractivity contribution in [1.29, 1.82) is 0 Å². The predicted molar refractivity (Wildman–Crippen MR) is 164 cm³/mol. The second kappa shape index (κ2) is 14.1. The molecule has 0 bridgehead atoms. The van der Waals surface area contributed by atoms with Crippen molar-refractivity contribution in [1.82, 2.24) is 15.0 Å². The number of aromatic hydroxyl groups is 1. The quantitative estimate of drug-likeness (QED) is 0.0493. The summed E-state index contributed by atoms with van der Waals surface area (Å²) >= 11 is -4.25. The van der Waals surface area contributed by atoms with E-state index in [1.165, 1.54) is 36.4 Å². The first kappa shape index (κ1) is 32.0. The molecule has 232 valence electrons. The van der Waals surface area contributed by atoms with Gasteiger partial charge in [0, 0.05) is 27.9 Å². The monoisotopic (exact) mass is 667 g/mol. The van der Waals surface area contributed by atoms with Crippen LogP contribution in [0.2, 0.25) is 0 Å². The number of anilines is 4. The molecule has 0 amide bonds. The maximum atomic E-state index is 11.5. The summed E-state index contributed by atoms with van der Waals surface area (Å²) in [7, 11) is 1.68. The summed E-state index contributed by atoms with van der Waals surface area (Å²) in [4.78, 5) is 15.2. The fraction of sp³-hybridized carbons (Fsp3) is 0.0741. The number of hydrogen-bond acceptors (Lipinski definition) is 16. The molecule has 1 heterocycles. The Kier molecular flexibility index (Phi) is 10.1. The average Bonchev–Trinajstić information content (AvgIpc) is 3.03. The molecule has 1 aromatic heterocycles. The number of aryl methyl sites for hydroxylation is 1. The molecule has 5 rings (SSSR count). The third kappa shape index (κ3) is 7.47. The molecular formula is C27H21N7O8S3-2. The number of nitrogens with zero attached hydrogens (tertiary/aromatic N) is 6. The number of fused-ring (bicyclic) bond motifs is 1. The lowest BCUT2D eigenvalue weighted by atomic mass is 10.1. The smallest absolute Gasteiger partial charge is 0.234 e. The molecule has 0 saturated heterocycles. The summed E-state index contributed by atoms with van der Waals surface area (Å²) in [5.41, 5.74) is 1.18. The molecule has 0 radical (unpaired) electrons. The molecule has 0 fully saturated rings. The first-order valence-corrected chi connectivity index (χ1v) is 15.5. The highest BCUT2D eigenvalue weighted by molar-refractivity contribution is 7.94. The minimum absolute atomic E-state index is 0.0434. The van der Waals surface area contributed by atoms with Crippen LogP contribution in [0.1, 0.15) is 5.82 Å². The molecule has 0 aliphatic heterocycles. The van der Waals surface area contributed by atoms with Crippen LogP contribution in [-0.4, -0.2) is 49.9 Å². The van der Waals surface area contributed by atoms with Gasteiger partial charge in [-0.05, 0) is 89.1 Å². The fourth-order valence-electron chi connectivity index (χ4n) is 4.15. The number of benzene rings is 4. The molecule has 2 atom stereocenters. The van der Waals surface area contributed by atoms with E-state index in [9.17, 15) is 22.6 Å². The van der Waals surface area contributed by atoms with Gasteiger partial charge in [-0.25, -0.2) is 5.26 Å². The highest BCUT2D eigenvalue weighted by atomic mass is 32.2. The zero-order chi connectivity index (χ0) is 32.1. The van der Waals surface area contributed by atoms with E-state index in [1.54, 1.807) is 55.3 Å². The van der Waals surface area contributed by atoms with Crippen molar-refractivity contribution in [2.75, 3.05) is 17.3 Å². The molecule has 0 spiro atoms. The van der Waals surface area contributed by atoms with Gasteiger partial charge >= 0.3 is 0 Å². The van der Waals surface area contributed by atoms with Gasteiger partial charge in [0.1, 0.15) is 11.5 Å². The van der Waals surface area contributed by atoms with Crippen LogP contribution in [0, 0.1) is 6.92 Å². The van der Waals surface area contributed by atoms with Gasteiger partial charge in [0.25, 0.3) is 0 Å². The number of aromatic nitrogens is 3. The van der Waals surface area contributed by atoms with Gasteiger partial charge in [0.2, 0.25) is 11.9 Å². The molecular weight excluding hydrogens is 647 g/mol. The lowest BCUT2D eigenvalue weighted by Crippen LogP contribution is -2.15. The Labute approximate surface area is 264 Å². The second-order valence-corrected chi connectivity index (χ2v) is 11.7. The van der Waals surface area contributed by atoms with E-state index in [0.29, 0.717) is 45.7 Å². The molecule has 0 aliphatic rings. The van der Waals surface area contributed by atoms with Crippen molar-refractivity contribution in [3.05, 3.63) is 78.6 Å². The summed E-state index contributed by atoms with van der Waals surface area (Å²) in [5, 5.41) is 36.1. The number of hydrogen-bond donors (Lipinski definition) is 3. The maximum Gasteiger partial charge on any atom is 0.234 e. The van der Waals surface area contributed by atoms with Crippen molar-refractivity contribution < 1.29 is 37.3 Å². The minimum Gasteiger partial charge on any atom is -0.768 e. The summed E-state index contributed by atoms with van der Waals surface area (Å²) in [5.74, 6) is 0.411. The van der Waals surface area contributed by atoms with Crippen LogP contribution in [0.5, 0.6) is 5.75 Å². The number of nitrogens with one attached hydrogen (secondary N) is 1. The zero-order valence-corrected chi connectivity index (χ0v) is 25.6. The van der Waals surface area contributed by atoms with Gasteiger partial charge in [-0.2, -0.15) is 20.1 Å². The Morgan fingerprint density at radius 3 is 2.38 bits per heavy atom. The van der Waals surface area contributed by atoms with Crippen LogP contribution < -0.4 is 10.2 Å². The van der Waals surface area contributed by atoms with Gasteiger partial charge in [0.15, 0.2) is 5.75 Å². The number of phenolic OH excluding ortho intramolecular Hbond substituents is 1. The first-order chi connectivity index (χ1) is 21.6. The third-order valence-corrected chi connectivity index (χ3v) is 8.12. The summed E-state index contributed by atoms with van der Waals surface area (Å²) in [6.45, 7) is 1.67. The fourth-order valence-corrected chi connectivity index (χ4v) is 5.41. The van der Waals surface area contributed by atoms with Crippen molar-refractivity contribution in [3.63, 3.8) is 0 Å². The Bertz CT molecular complexity index is 1950. The molecule has 5 aromatic rings. The van der Waals surface area contributed by atoms with Crippen LogP contribution >= 0.6 is 12.0 Å². The molecule has 15 nitrogen and oxygen atoms in total. The number of azo groups is 1. The van der Waals surface area contributed by atoms with Crippen LogP contribution in [0.4, 0.5) is 34.6 Å². The highest BCUT2D eigenvalue weighted by Crippen LogP contribution is 2.46. The van der Waals surface area contributed by atoms with Gasteiger partial charge in [-0.15, -0.1) is 9.45 Å². The second-order valence-electron chi connectivity index (χ2n) is 9.05. The first-order valence-electron chi connectivity index (χ1n) is 12.6. The van der Waals surface area contributed by atoms with E-state index in [4.69, 9.17) is 5.26 Å². The Morgan fingerprint density at radius 2 is 1.67 bits per heavy atom. The number of rotatable bonds is 11. The summed E-state index contributed by atoms with van der Waals surface area (Å²) in [6.07, 6.45) is 0. The van der Waals surface area contributed by atoms with Crippen LogP contribution in [0.3, 0.4) is 0 Å². The lowest BCUT2D eigenvalue weighted by Gasteiger charge is -2.19. The van der Waals surface area contributed by atoms with Crippen molar-refractivity contribution in [3.8, 4) is 5.75 Å². The van der Waals surface area contributed by atoms with Gasteiger partial charge in [0.05, 0.1) is 28.3 Å². The predicted octanol–water partition coefficient (Wildman–Crippen LogP) is 5.87. The average molecular weight is 668 g/mol. The Morgan fingerprint density at radius 1 is 0.933 bits per heavy atom. The SMILES string of the molecule is Cc1nc(Nc2cccc3cc(SOOO)c(N=Nc4ccc(S(=O)[O-])cc4)c(O)c23)nc(N(C)c2cccc(S(=O)[O-])c2)n1. The van der Waals surface area contributed by atoms with E-state index >= 15 is 0 Å². The summed E-state index contributed by atoms with van der Waals surface area (Å²) < 4.78 is 49.8. The van der Waals surface area contributed by atoms with E-state index in [1.807, 2.05) is 0 Å². The van der Waals surface area contributed by atoms with Gasteiger partial charge < -0.3 is 24.4 Å². The molecule has 3 N–H and O–H groups in total. The standard InChI is InChI=1S/C27H23N7O8S3/c1-15-28-26(31-27(29-15)34(2)18-6-4-7-20(14-18)45(39)40)30-21-8-3-5-16-13-22(43-42-41-36)24(25(35)23(16)21)33-32-17-9-11-19(12-10-17)44(37)38/h3-14,35-36H,1-2H3,(H,37,38)(H,39,40)(H,28,29,30,31)/p-2. The molecule has 0 saturated carbocycles. The topological polar surface area (TPSA) is 218 Å². The highest BCUT2D eigenvalue weighted by Gasteiger charge is 2.19. The van der Waals surface area contributed by atoms with Crippen molar-refractivity contribution in [2.24, 2.45) is 10.2 Å². The number of phenols is 1. The molecule has 4 aromatic carbocycles. The molecule has 0 aliphatic carbocycles. The third-order valence-electron chi connectivity index (χ3n) is 6.21. The largest absolute Gasteiger partial charge is 0.768 e. The zero-order valence-electron chi connectivity index (χ0n) is 23.2. The van der Waals surface area contributed by atoms with Gasteiger partial charge in [-0.3, -0.25) is 8.42 Å².